The van der Waals surface area contributed by atoms with Crippen LogP contribution in [-0.4, -0.2) is 56.2 Å². The van der Waals surface area contributed by atoms with Crippen molar-refractivity contribution >= 4 is 39.1 Å². The molecule has 0 bridgehead atoms. The molecule has 0 unspecified atom stereocenters. The molecule has 0 radical (unpaired) electrons. The van der Waals surface area contributed by atoms with Gasteiger partial charge in [-0.25, -0.2) is 9.97 Å². The summed E-state index contributed by atoms with van der Waals surface area (Å²) in [6, 6.07) is 1.06. The smallest absolute Gasteiger partial charge is 0.225 e. The lowest BCUT2D eigenvalue weighted by Crippen LogP contribution is -2.45. The van der Waals surface area contributed by atoms with Gasteiger partial charge >= 0.3 is 0 Å². The summed E-state index contributed by atoms with van der Waals surface area (Å²) in [7, 11) is 0. The molecule has 0 atom stereocenters. The Balaban J connectivity index is 1.39. The van der Waals surface area contributed by atoms with Crippen LogP contribution in [-0.2, 0) is 0 Å². The van der Waals surface area contributed by atoms with E-state index >= 15 is 0 Å². The Hall–Kier alpha value is -1.02. The van der Waals surface area contributed by atoms with Crippen molar-refractivity contribution in [3.63, 3.8) is 0 Å². The Bertz CT molecular complexity index is 738. The second-order valence-corrected chi connectivity index (χ2v) is 8.66. The van der Waals surface area contributed by atoms with Gasteiger partial charge in [-0.15, -0.1) is 0 Å². The monoisotopic (exact) mass is 381 g/mol. The molecule has 0 amide bonds. The molecule has 1 saturated heterocycles. The van der Waals surface area contributed by atoms with Crippen molar-refractivity contribution in [1.29, 1.82) is 0 Å². The number of piperidine rings is 1. The average Bonchev–Trinajstić information content (AvgIpc) is 2.97. The molecule has 0 aromatic carbocycles. The zero-order valence-corrected chi connectivity index (χ0v) is 16.0. The summed E-state index contributed by atoms with van der Waals surface area (Å²) in [5, 5.41) is 14.5. The minimum absolute atomic E-state index is 0.0965. The molecule has 2 fully saturated rings. The number of fused-ring (bicyclic) bond motifs is 1. The van der Waals surface area contributed by atoms with Crippen molar-refractivity contribution in [2.75, 3.05) is 18.4 Å². The van der Waals surface area contributed by atoms with E-state index < -0.39 is 0 Å². The highest BCUT2D eigenvalue weighted by atomic mass is 35.5. The average molecular weight is 382 g/mol. The van der Waals surface area contributed by atoms with Gasteiger partial charge in [0.05, 0.1) is 11.1 Å². The molecule has 1 aliphatic carbocycles. The molecule has 2 N–H and O–H groups in total. The van der Waals surface area contributed by atoms with Crippen molar-refractivity contribution in [2.45, 2.75) is 63.6 Å². The van der Waals surface area contributed by atoms with Gasteiger partial charge in [-0.05, 0) is 57.0 Å². The maximum Gasteiger partial charge on any atom is 0.225 e. The summed E-state index contributed by atoms with van der Waals surface area (Å²) < 4.78 is 0. The van der Waals surface area contributed by atoms with E-state index in [1.54, 1.807) is 11.3 Å². The number of thiazole rings is 1. The minimum Gasteiger partial charge on any atom is -0.393 e. The SMILES string of the molecule is Cc1nc2c(N[C@H]3CC[C@H](N4CCC(O)CC4)CC3)nc(Cl)nc2s1. The lowest BCUT2D eigenvalue weighted by molar-refractivity contribution is 0.0495. The third-order valence-corrected chi connectivity index (χ3v) is 6.43. The standard InChI is InChI=1S/C17H24ClN5OS/c1-10-19-14-15(21-17(18)22-16(14)25-10)20-11-2-4-12(5-3-11)23-8-6-13(24)7-9-23/h11-13,24H,2-9H2,1H3,(H,20,21,22)/t11-,12-. The Morgan fingerprint density at radius 3 is 2.52 bits per heavy atom. The molecular formula is C17H24ClN5OS. The number of aliphatic hydroxyl groups is 1. The van der Waals surface area contributed by atoms with Crippen LogP contribution < -0.4 is 5.32 Å². The quantitative estimate of drug-likeness (QED) is 0.795. The van der Waals surface area contributed by atoms with Gasteiger partial charge in [0.15, 0.2) is 10.6 Å². The van der Waals surface area contributed by atoms with E-state index in [0.717, 1.165) is 59.9 Å². The first-order chi connectivity index (χ1) is 12.1. The van der Waals surface area contributed by atoms with E-state index in [2.05, 4.69) is 25.2 Å². The number of rotatable bonds is 3. The minimum atomic E-state index is -0.0965. The van der Waals surface area contributed by atoms with Gasteiger partial charge in [-0.3, -0.25) is 0 Å². The fraction of sp³-hybridized carbons (Fsp3) is 0.706. The molecule has 6 nitrogen and oxygen atoms in total. The zero-order chi connectivity index (χ0) is 17.4. The molecule has 2 aromatic heterocycles. The number of hydrogen-bond acceptors (Lipinski definition) is 7. The number of nitrogens with zero attached hydrogens (tertiary/aromatic N) is 4. The maximum absolute atomic E-state index is 9.68. The Morgan fingerprint density at radius 2 is 1.80 bits per heavy atom. The molecule has 2 aliphatic rings. The summed E-state index contributed by atoms with van der Waals surface area (Å²) in [4.78, 5) is 16.6. The summed E-state index contributed by atoms with van der Waals surface area (Å²) in [5.74, 6) is 0.767. The molecule has 1 saturated carbocycles. The number of likely N-dealkylation sites (tertiary alicyclic amines) is 1. The lowest BCUT2D eigenvalue weighted by Gasteiger charge is -2.40. The van der Waals surface area contributed by atoms with Gasteiger partial charge in [0.2, 0.25) is 5.28 Å². The van der Waals surface area contributed by atoms with Crippen LogP contribution in [0.2, 0.25) is 5.28 Å². The molecular weight excluding hydrogens is 358 g/mol. The van der Waals surface area contributed by atoms with Crippen LogP contribution in [0.25, 0.3) is 10.3 Å². The number of aromatic nitrogens is 3. The number of hydrogen-bond donors (Lipinski definition) is 2. The van der Waals surface area contributed by atoms with Crippen LogP contribution in [0, 0.1) is 6.92 Å². The third-order valence-electron chi connectivity index (χ3n) is 5.39. The first kappa shape index (κ1) is 17.4. The lowest BCUT2D eigenvalue weighted by atomic mass is 9.89. The van der Waals surface area contributed by atoms with Crippen molar-refractivity contribution in [1.82, 2.24) is 19.9 Å². The summed E-state index contributed by atoms with van der Waals surface area (Å²) in [6.07, 6.45) is 6.35. The molecule has 25 heavy (non-hydrogen) atoms. The second kappa shape index (κ2) is 7.31. The van der Waals surface area contributed by atoms with E-state index in [0.29, 0.717) is 12.1 Å². The van der Waals surface area contributed by atoms with Gasteiger partial charge in [-0.1, -0.05) is 11.3 Å². The van der Waals surface area contributed by atoms with Crippen molar-refractivity contribution in [2.24, 2.45) is 0 Å². The highest BCUT2D eigenvalue weighted by molar-refractivity contribution is 7.18. The van der Waals surface area contributed by atoms with E-state index in [9.17, 15) is 5.11 Å². The first-order valence-electron chi connectivity index (χ1n) is 9.08. The van der Waals surface area contributed by atoms with Crippen molar-refractivity contribution < 1.29 is 5.11 Å². The maximum atomic E-state index is 9.68. The number of aryl methyl sites for hydroxylation is 1. The second-order valence-electron chi connectivity index (χ2n) is 7.14. The predicted molar refractivity (Wildman–Crippen MR) is 101 cm³/mol. The van der Waals surface area contributed by atoms with Crippen molar-refractivity contribution in [3.8, 4) is 0 Å². The molecule has 4 rings (SSSR count). The first-order valence-corrected chi connectivity index (χ1v) is 10.3. The number of anilines is 1. The topological polar surface area (TPSA) is 74.2 Å². The van der Waals surface area contributed by atoms with Gasteiger partial charge in [0.1, 0.15) is 5.52 Å². The largest absolute Gasteiger partial charge is 0.393 e. The van der Waals surface area contributed by atoms with Gasteiger partial charge in [-0.2, -0.15) is 4.98 Å². The summed E-state index contributed by atoms with van der Waals surface area (Å²) in [6.45, 7) is 4.04. The highest BCUT2D eigenvalue weighted by Crippen LogP contribution is 2.31. The molecule has 8 heteroatoms. The number of halogens is 1. The summed E-state index contributed by atoms with van der Waals surface area (Å²) >= 11 is 7.62. The summed E-state index contributed by atoms with van der Waals surface area (Å²) in [5.41, 5.74) is 0.832. The predicted octanol–water partition coefficient (Wildman–Crippen LogP) is 3.23. The fourth-order valence-corrected chi connectivity index (χ4v) is 5.04. The van der Waals surface area contributed by atoms with E-state index in [4.69, 9.17) is 11.6 Å². The molecule has 2 aromatic rings. The van der Waals surface area contributed by atoms with E-state index in [1.165, 1.54) is 12.8 Å². The van der Waals surface area contributed by atoms with Gasteiger partial charge in [0.25, 0.3) is 0 Å². The van der Waals surface area contributed by atoms with Crippen LogP contribution >= 0.6 is 22.9 Å². The number of nitrogens with one attached hydrogen (secondary N) is 1. The Labute approximate surface area is 156 Å². The Kier molecular flexibility index (Phi) is 5.08. The molecule has 136 valence electrons. The van der Waals surface area contributed by atoms with Crippen molar-refractivity contribution in [3.05, 3.63) is 10.3 Å². The number of aliphatic hydroxyl groups excluding tert-OH is 1. The zero-order valence-electron chi connectivity index (χ0n) is 14.4. The van der Waals surface area contributed by atoms with Crippen LogP contribution in [0.4, 0.5) is 5.82 Å². The fourth-order valence-electron chi connectivity index (χ4n) is 4.03. The molecule has 0 spiro atoms. The van der Waals surface area contributed by atoms with Gasteiger partial charge in [0, 0.05) is 25.2 Å². The molecule has 3 heterocycles. The van der Waals surface area contributed by atoms with Crippen LogP contribution in [0.5, 0.6) is 0 Å². The van der Waals surface area contributed by atoms with Crippen LogP contribution in [0.1, 0.15) is 43.5 Å². The van der Waals surface area contributed by atoms with E-state index in [1.807, 2.05) is 6.92 Å². The normalized spacial score (nSPS) is 26.2. The van der Waals surface area contributed by atoms with Crippen LogP contribution in [0.3, 0.4) is 0 Å². The van der Waals surface area contributed by atoms with Gasteiger partial charge < -0.3 is 15.3 Å². The van der Waals surface area contributed by atoms with Crippen LogP contribution in [0.15, 0.2) is 0 Å². The highest BCUT2D eigenvalue weighted by Gasteiger charge is 2.29. The molecule has 1 aliphatic heterocycles. The van der Waals surface area contributed by atoms with E-state index in [-0.39, 0.29) is 11.4 Å². The third kappa shape index (κ3) is 3.89. The Morgan fingerprint density at radius 1 is 1.08 bits per heavy atom.